The number of rotatable bonds is 9. The summed E-state index contributed by atoms with van der Waals surface area (Å²) in [6.07, 6.45) is 0.819. The first-order chi connectivity index (χ1) is 11.5. The Balaban J connectivity index is 2.41. The van der Waals surface area contributed by atoms with Crippen molar-refractivity contribution in [2.24, 2.45) is 0 Å². The highest BCUT2D eigenvalue weighted by Gasteiger charge is 2.10. The van der Waals surface area contributed by atoms with Gasteiger partial charge in [0.15, 0.2) is 0 Å². The van der Waals surface area contributed by atoms with E-state index in [4.69, 9.17) is 16.3 Å². The lowest BCUT2D eigenvalue weighted by Crippen LogP contribution is -2.32. The van der Waals surface area contributed by atoms with E-state index in [1.807, 2.05) is 7.05 Å². The monoisotopic (exact) mass is 356 g/mol. The normalized spacial score (nSPS) is 10.5. The average molecular weight is 357 g/mol. The summed E-state index contributed by atoms with van der Waals surface area (Å²) >= 11 is 6.05. The fraction of sp³-hybridized carbons (Fsp3) is 0.500. The first-order valence-electron chi connectivity index (χ1n) is 7.72. The van der Waals surface area contributed by atoms with Crippen LogP contribution < -0.4 is 16.0 Å². The van der Waals surface area contributed by atoms with Crippen molar-refractivity contribution in [3.05, 3.63) is 28.8 Å². The standard InChI is InChI=1S/C16H25ClN4O3/c1-18-15(22)12-5-6-13(17)14(11-12)20-16(23)19-7-4-8-21(2)9-10-24-3/h5-6,11H,4,7-10H2,1-3H3,(H,18,22)(H2,19,20,23). The van der Waals surface area contributed by atoms with Crippen LogP contribution in [-0.4, -0.2) is 64.3 Å². The predicted octanol–water partition coefficient (Wildman–Crippen LogP) is 1.79. The molecule has 0 saturated heterocycles. The Hall–Kier alpha value is -1.83. The first-order valence-corrected chi connectivity index (χ1v) is 8.09. The lowest BCUT2D eigenvalue weighted by atomic mass is 10.2. The van der Waals surface area contributed by atoms with Crippen LogP contribution >= 0.6 is 11.6 Å². The SMILES string of the molecule is CNC(=O)c1ccc(Cl)c(NC(=O)NCCCN(C)CCOC)c1. The fourth-order valence-corrected chi connectivity index (χ4v) is 2.15. The van der Waals surface area contributed by atoms with Gasteiger partial charge in [-0.1, -0.05) is 11.6 Å². The zero-order valence-corrected chi connectivity index (χ0v) is 15.1. The van der Waals surface area contributed by atoms with Crippen LogP contribution in [0.2, 0.25) is 5.02 Å². The molecule has 0 saturated carbocycles. The molecule has 134 valence electrons. The third-order valence-electron chi connectivity index (χ3n) is 3.38. The summed E-state index contributed by atoms with van der Waals surface area (Å²) in [5.74, 6) is -0.241. The van der Waals surface area contributed by atoms with Gasteiger partial charge in [0.25, 0.3) is 5.91 Å². The quantitative estimate of drug-likeness (QED) is 0.589. The van der Waals surface area contributed by atoms with Crippen molar-refractivity contribution in [1.29, 1.82) is 0 Å². The number of nitrogens with one attached hydrogen (secondary N) is 3. The van der Waals surface area contributed by atoms with Crippen molar-refractivity contribution in [3.63, 3.8) is 0 Å². The minimum absolute atomic E-state index is 0.241. The topological polar surface area (TPSA) is 82.7 Å². The maximum Gasteiger partial charge on any atom is 0.319 e. The second kappa shape index (κ2) is 10.9. The van der Waals surface area contributed by atoms with Crippen LogP contribution in [0.15, 0.2) is 18.2 Å². The lowest BCUT2D eigenvalue weighted by molar-refractivity contribution is 0.0963. The second-order valence-electron chi connectivity index (χ2n) is 5.30. The van der Waals surface area contributed by atoms with Gasteiger partial charge in [-0.2, -0.15) is 0 Å². The lowest BCUT2D eigenvalue weighted by Gasteiger charge is -2.16. The van der Waals surface area contributed by atoms with Gasteiger partial charge in [0, 0.05) is 32.8 Å². The van der Waals surface area contributed by atoms with Gasteiger partial charge in [0.05, 0.1) is 17.3 Å². The molecule has 0 spiro atoms. The van der Waals surface area contributed by atoms with Crippen molar-refractivity contribution in [2.75, 3.05) is 52.8 Å². The molecule has 0 aromatic heterocycles. The Kier molecular flexibility index (Phi) is 9.14. The van der Waals surface area contributed by atoms with Gasteiger partial charge in [-0.15, -0.1) is 0 Å². The van der Waals surface area contributed by atoms with E-state index in [0.717, 1.165) is 19.5 Å². The van der Waals surface area contributed by atoms with Crippen molar-refractivity contribution in [1.82, 2.24) is 15.5 Å². The summed E-state index contributed by atoms with van der Waals surface area (Å²) in [6, 6.07) is 4.36. The van der Waals surface area contributed by atoms with E-state index in [1.54, 1.807) is 32.4 Å². The molecule has 0 fully saturated rings. The Morgan fingerprint density at radius 1 is 1.29 bits per heavy atom. The largest absolute Gasteiger partial charge is 0.383 e. The molecule has 0 aliphatic carbocycles. The van der Waals surface area contributed by atoms with E-state index in [2.05, 4.69) is 20.9 Å². The number of anilines is 1. The molecule has 0 heterocycles. The number of nitrogens with zero attached hydrogens (tertiary/aromatic N) is 1. The maximum absolute atomic E-state index is 11.9. The molecule has 3 N–H and O–H groups in total. The Morgan fingerprint density at radius 3 is 2.71 bits per heavy atom. The van der Waals surface area contributed by atoms with Gasteiger partial charge in [0.1, 0.15) is 0 Å². The molecule has 1 aromatic carbocycles. The zero-order chi connectivity index (χ0) is 17.9. The van der Waals surface area contributed by atoms with Crippen LogP contribution in [0.1, 0.15) is 16.8 Å². The number of urea groups is 1. The van der Waals surface area contributed by atoms with E-state index in [0.29, 0.717) is 29.4 Å². The van der Waals surface area contributed by atoms with Crippen molar-refractivity contribution in [2.45, 2.75) is 6.42 Å². The second-order valence-corrected chi connectivity index (χ2v) is 5.71. The summed E-state index contributed by atoms with van der Waals surface area (Å²) in [6.45, 7) is 2.93. The summed E-state index contributed by atoms with van der Waals surface area (Å²) in [4.78, 5) is 25.7. The van der Waals surface area contributed by atoms with Gasteiger partial charge >= 0.3 is 6.03 Å². The highest BCUT2D eigenvalue weighted by molar-refractivity contribution is 6.33. The minimum atomic E-state index is -0.356. The predicted molar refractivity (Wildman–Crippen MR) is 95.9 cm³/mol. The Bertz CT molecular complexity index is 554. The molecule has 24 heavy (non-hydrogen) atoms. The minimum Gasteiger partial charge on any atom is -0.383 e. The molecule has 0 aliphatic heterocycles. The Morgan fingerprint density at radius 2 is 2.04 bits per heavy atom. The van der Waals surface area contributed by atoms with Crippen LogP contribution in [0.4, 0.5) is 10.5 Å². The molecule has 0 radical (unpaired) electrons. The molecule has 3 amide bonds. The maximum atomic E-state index is 11.9. The number of likely N-dealkylation sites (N-methyl/N-ethyl adjacent to an activating group) is 1. The van der Waals surface area contributed by atoms with Gasteiger partial charge in [-0.3, -0.25) is 4.79 Å². The molecule has 8 heteroatoms. The van der Waals surface area contributed by atoms with Gasteiger partial charge < -0.3 is 25.6 Å². The number of benzene rings is 1. The highest BCUT2D eigenvalue weighted by atomic mass is 35.5. The number of carbonyl (C=O) groups is 2. The number of methoxy groups -OCH3 is 1. The number of hydrogen-bond acceptors (Lipinski definition) is 4. The number of hydrogen-bond donors (Lipinski definition) is 3. The van der Waals surface area contributed by atoms with Gasteiger partial charge in [-0.05, 0) is 38.2 Å². The molecule has 0 bridgehead atoms. The number of halogens is 1. The first kappa shape index (κ1) is 20.2. The summed E-state index contributed by atoms with van der Waals surface area (Å²) < 4.78 is 5.01. The van der Waals surface area contributed by atoms with E-state index in [1.165, 1.54) is 0 Å². The smallest absolute Gasteiger partial charge is 0.319 e. The molecule has 0 unspecified atom stereocenters. The fourth-order valence-electron chi connectivity index (χ4n) is 1.98. The van der Waals surface area contributed by atoms with E-state index >= 15 is 0 Å². The average Bonchev–Trinajstić information content (AvgIpc) is 2.58. The third-order valence-corrected chi connectivity index (χ3v) is 3.71. The summed E-state index contributed by atoms with van der Waals surface area (Å²) in [5.41, 5.74) is 0.824. The van der Waals surface area contributed by atoms with Crippen LogP contribution in [0.5, 0.6) is 0 Å². The summed E-state index contributed by atoms with van der Waals surface area (Å²) in [5, 5.41) is 8.32. The van der Waals surface area contributed by atoms with Crippen LogP contribution in [0.25, 0.3) is 0 Å². The van der Waals surface area contributed by atoms with Crippen LogP contribution in [-0.2, 0) is 4.74 Å². The summed E-state index contributed by atoms with van der Waals surface area (Å²) in [7, 11) is 5.22. The van der Waals surface area contributed by atoms with Crippen molar-refractivity contribution < 1.29 is 14.3 Å². The van der Waals surface area contributed by atoms with Crippen LogP contribution in [0.3, 0.4) is 0 Å². The molecule has 0 atom stereocenters. The van der Waals surface area contributed by atoms with E-state index in [-0.39, 0.29) is 11.9 Å². The van der Waals surface area contributed by atoms with Crippen molar-refractivity contribution >= 4 is 29.2 Å². The molecule has 7 nitrogen and oxygen atoms in total. The van der Waals surface area contributed by atoms with E-state index in [9.17, 15) is 9.59 Å². The molecule has 0 aliphatic rings. The van der Waals surface area contributed by atoms with E-state index < -0.39 is 0 Å². The van der Waals surface area contributed by atoms with Crippen LogP contribution in [0, 0.1) is 0 Å². The molecular formula is C16H25ClN4O3. The van der Waals surface area contributed by atoms with Gasteiger partial charge in [0.2, 0.25) is 0 Å². The van der Waals surface area contributed by atoms with Crippen molar-refractivity contribution in [3.8, 4) is 0 Å². The number of ether oxygens (including phenoxy) is 1. The third kappa shape index (κ3) is 7.16. The Labute approximate surface area is 147 Å². The zero-order valence-electron chi connectivity index (χ0n) is 14.3. The van der Waals surface area contributed by atoms with Gasteiger partial charge in [-0.25, -0.2) is 4.79 Å². The highest BCUT2D eigenvalue weighted by Crippen LogP contribution is 2.22. The molecule has 1 rings (SSSR count). The molecular weight excluding hydrogens is 332 g/mol. The number of carbonyl (C=O) groups excluding carboxylic acids is 2. The number of amides is 3. The molecule has 1 aromatic rings.